The van der Waals surface area contributed by atoms with Crippen LogP contribution in [-0.4, -0.2) is 18.3 Å². The zero-order valence-corrected chi connectivity index (χ0v) is 13.9. The van der Waals surface area contributed by atoms with Crippen LogP contribution in [0.1, 0.15) is 5.56 Å². The van der Waals surface area contributed by atoms with Crippen molar-refractivity contribution in [3.05, 3.63) is 57.0 Å². The van der Waals surface area contributed by atoms with Crippen LogP contribution in [0.15, 0.2) is 51.4 Å². The van der Waals surface area contributed by atoms with Crippen molar-refractivity contribution in [2.24, 2.45) is 0 Å². The molecule has 0 aliphatic heterocycles. The van der Waals surface area contributed by atoms with Gasteiger partial charge in [-0.05, 0) is 42.0 Å². The number of hydrogen-bond acceptors (Lipinski definition) is 3. The van der Waals surface area contributed by atoms with Crippen molar-refractivity contribution in [1.82, 2.24) is 0 Å². The first-order chi connectivity index (χ1) is 9.69. The van der Waals surface area contributed by atoms with Gasteiger partial charge in [0.05, 0.1) is 6.61 Å². The van der Waals surface area contributed by atoms with Crippen molar-refractivity contribution in [2.45, 2.75) is 6.61 Å². The number of benzene rings is 2. The van der Waals surface area contributed by atoms with Crippen LogP contribution >= 0.6 is 31.9 Å². The van der Waals surface area contributed by atoms with Gasteiger partial charge in [0, 0.05) is 8.95 Å². The fourth-order valence-corrected chi connectivity index (χ4v) is 2.39. The lowest BCUT2D eigenvalue weighted by atomic mass is 10.2. The predicted octanol–water partition coefficient (Wildman–Crippen LogP) is 4.16. The number of aliphatic hydroxyl groups is 1. The average Bonchev–Trinajstić information content (AvgIpc) is 2.45. The standard InChI is InChI=1S/C15H14Br2O3/c16-12-2-1-3-13(9-12)19-6-7-20-14-4-5-15(17)11(8-14)10-18/h1-5,8-9,18H,6-7,10H2. The molecule has 2 aromatic rings. The van der Waals surface area contributed by atoms with Gasteiger partial charge in [-0.1, -0.05) is 37.9 Å². The summed E-state index contributed by atoms with van der Waals surface area (Å²) < 4.78 is 13.0. The molecule has 0 unspecified atom stereocenters. The maximum Gasteiger partial charge on any atom is 0.122 e. The molecule has 0 aromatic heterocycles. The van der Waals surface area contributed by atoms with Crippen LogP contribution in [0.4, 0.5) is 0 Å². The van der Waals surface area contributed by atoms with Gasteiger partial charge in [0.2, 0.25) is 0 Å². The predicted molar refractivity (Wildman–Crippen MR) is 85.2 cm³/mol. The van der Waals surface area contributed by atoms with Crippen LogP contribution in [0.3, 0.4) is 0 Å². The first kappa shape index (κ1) is 15.4. The van der Waals surface area contributed by atoms with E-state index >= 15 is 0 Å². The lowest BCUT2D eigenvalue weighted by Gasteiger charge is -2.10. The highest BCUT2D eigenvalue weighted by molar-refractivity contribution is 9.10. The Kier molecular flexibility index (Phi) is 5.88. The van der Waals surface area contributed by atoms with Gasteiger partial charge in [-0.2, -0.15) is 0 Å². The zero-order valence-electron chi connectivity index (χ0n) is 10.7. The van der Waals surface area contributed by atoms with E-state index in [1.54, 1.807) is 0 Å². The summed E-state index contributed by atoms with van der Waals surface area (Å²) in [4.78, 5) is 0. The van der Waals surface area contributed by atoms with Gasteiger partial charge < -0.3 is 14.6 Å². The van der Waals surface area contributed by atoms with Crippen molar-refractivity contribution in [3.63, 3.8) is 0 Å². The highest BCUT2D eigenvalue weighted by Crippen LogP contribution is 2.22. The first-order valence-corrected chi connectivity index (χ1v) is 7.68. The van der Waals surface area contributed by atoms with Crippen molar-refractivity contribution >= 4 is 31.9 Å². The maximum atomic E-state index is 9.17. The van der Waals surface area contributed by atoms with E-state index in [9.17, 15) is 5.11 Å². The molecule has 0 bridgehead atoms. The molecule has 20 heavy (non-hydrogen) atoms. The zero-order chi connectivity index (χ0) is 14.4. The molecule has 2 rings (SSSR count). The van der Waals surface area contributed by atoms with E-state index in [1.807, 2.05) is 42.5 Å². The van der Waals surface area contributed by atoms with Gasteiger partial charge in [0.1, 0.15) is 24.7 Å². The third-order valence-corrected chi connectivity index (χ3v) is 3.87. The summed E-state index contributed by atoms with van der Waals surface area (Å²) in [6, 6.07) is 13.2. The van der Waals surface area contributed by atoms with Crippen molar-refractivity contribution in [3.8, 4) is 11.5 Å². The minimum Gasteiger partial charge on any atom is -0.490 e. The Balaban J connectivity index is 1.81. The maximum absolute atomic E-state index is 9.17. The van der Waals surface area contributed by atoms with E-state index in [4.69, 9.17) is 9.47 Å². The third-order valence-electron chi connectivity index (χ3n) is 2.60. The molecule has 2 aromatic carbocycles. The highest BCUT2D eigenvalue weighted by atomic mass is 79.9. The molecule has 0 fully saturated rings. The molecule has 0 amide bonds. The molecule has 5 heteroatoms. The minimum atomic E-state index is -0.0215. The number of ether oxygens (including phenoxy) is 2. The SMILES string of the molecule is OCc1cc(OCCOc2cccc(Br)c2)ccc1Br. The summed E-state index contributed by atoms with van der Waals surface area (Å²) in [5.74, 6) is 1.52. The molecular weight excluding hydrogens is 388 g/mol. The van der Waals surface area contributed by atoms with Crippen LogP contribution in [0.2, 0.25) is 0 Å². The fraction of sp³-hybridized carbons (Fsp3) is 0.200. The van der Waals surface area contributed by atoms with Crippen molar-refractivity contribution in [2.75, 3.05) is 13.2 Å². The molecule has 0 heterocycles. The topological polar surface area (TPSA) is 38.7 Å². The number of rotatable bonds is 6. The molecule has 3 nitrogen and oxygen atoms in total. The van der Waals surface area contributed by atoms with E-state index < -0.39 is 0 Å². The Morgan fingerprint density at radius 3 is 2.25 bits per heavy atom. The lowest BCUT2D eigenvalue weighted by Crippen LogP contribution is -2.09. The van der Waals surface area contributed by atoms with Crippen LogP contribution in [0.25, 0.3) is 0 Å². The summed E-state index contributed by atoms with van der Waals surface area (Å²) in [5.41, 5.74) is 0.801. The second-order valence-corrected chi connectivity index (χ2v) is 5.84. The second kappa shape index (κ2) is 7.67. The van der Waals surface area contributed by atoms with Crippen LogP contribution in [0, 0.1) is 0 Å². The monoisotopic (exact) mass is 400 g/mol. The smallest absolute Gasteiger partial charge is 0.122 e. The largest absolute Gasteiger partial charge is 0.490 e. The van der Waals surface area contributed by atoms with Gasteiger partial charge in [0.25, 0.3) is 0 Å². The summed E-state index contributed by atoms with van der Waals surface area (Å²) in [6.07, 6.45) is 0. The summed E-state index contributed by atoms with van der Waals surface area (Å²) in [6.45, 7) is 0.881. The fourth-order valence-electron chi connectivity index (χ4n) is 1.64. The molecule has 106 valence electrons. The van der Waals surface area contributed by atoms with E-state index in [-0.39, 0.29) is 6.61 Å². The molecule has 0 saturated heterocycles. The average molecular weight is 402 g/mol. The molecule has 0 aliphatic rings. The molecule has 0 atom stereocenters. The van der Waals surface area contributed by atoms with Gasteiger partial charge in [-0.15, -0.1) is 0 Å². The van der Waals surface area contributed by atoms with Gasteiger partial charge in [-0.3, -0.25) is 0 Å². The number of halogens is 2. The Morgan fingerprint density at radius 1 is 0.900 bits per heavy atom. The Bertz CT molecular complexity index is 573. The van der Waals surface area contributed by atoms with E-state index in [0.717, 1.165) is 26.0 Å². The third kappa shape index (κ3) is 4.51. The van der Waals surface area contributed by atoms with Crippen LogP contribution in [-0.2, 0) is 6.61 Å². The van der Waals surface area contributed by atoms with Crippen LogP contribution in [0.5, 0.6) is 11.5 Å². The summed E-state index contributed by atoms with van der Waals surface area (Å²) >= 11 is 6.76. The molecular formula is C15H14Br2O3. The molecule has 0 spiro atoms. The van der Waals surface area contributed by atoms with Crippen molar-refractivity contribution < 1.29 is 14.6 Å². The van der Waals surface area contributed by atoms with Crippen LogP contribution < -0.4 is 9.47 Å². The van der Waals surface area contributed by atoms with Crippen molar-refractivity contribution in [1.29, 1.82) is 0 Å². The molecule has 0 radical (unpaired) electrons. The molecule has 1 N–H and O–H groups in total. The highest BCUT2D eigenvalue weighted by Gasteiger charge is 2.02. The van der Waals surface area contributed by atoms with E-state index in [2.05, 4.69) is 31.9 Å². The lowest BCUT2D eigenvalue weighted by molar-refractivity contribution is 0.216. The summed E-state index contributed by atoms with van der Waals surface area (Å²) in [7, 11) is 0. The Labute approximate surface area is 134 Å². The van der Waals surface area contributed by atoms with Gasteiger partial charge >= 0.3 is 0 Å². The van der Waals surface area contributed by atoms with E-state index in [0.29, 0.717) is 13.2 Å². The summed E-state index contributed by atoms with van der Waals surface area (Å²) in [5, 5.41) is 9.17. The normalized spacial score (nSPS) is 10.3. The molecule has 0 saturated carbocycles. The molecule has 0 aliphatic carbocycles. The Hall–Kier alpha value is -1.04. The first-order valence-electron chi connectivity index (χ1n) is 6.09. The van der Waals surface area contributed by atoms with Gasteiger partial charge in [0.15, 0.2) is 0 Å². The number of aliphatic hydroxyl groups excluding tert-OH is 1. The van der Waals surface area contributed by atoms with E-state index in [1.165, 1.54) is 0 Å². The Morgan fingerprint density at radius 2 is 1.60 bits per heavy atom. The number of hydrogen-bond donors (Lipinski definition) is 1. The quantitative estimate of drug-likeness (QED) is 0.738. The minimum absolute atomic E-state index is 0.0215. The second-order valence-electron chi connectivity index (χ2n) is 4.07. The van der Waals surface area contributed by atoms with Gasteiger partial charge in [-0.25, -0.2) is 0 Å².